The van der Waals surface area contributed by atoms with Crippen LogP contribution in [0.25, 0.3) is 11.6 Å². The summed E-state index contributed by atoms with van der Waals surface area (Å²) < 4.78 is 6.20. The van der Waals surface area contributed by atoms with Crippen molar-refractivity contribution in [2.24, 2.45) is 0 Å². The lowest BCUT2D eigenvalue weighted by Crippen LogP contribution is -1.94. The molecular formula is C19H14BrNO. The molecule has 2 nitrogen and oxygen atoms in total. The third-order valence-electron chi connectivity index (χ3n) is 3.06. The first kappa shape index (κ1) is 15.9. The summed E-state index contributed by atoms with van der Waals surface area (Å²) in [5.41, 5.74) is 3.59. The fraction of sp³-hybridized carbons (Fsp3) is 0.105. The van der Waals surface area contributed by atoms with Crippen LogP contribution in [0.4, 0.5) is 0 Å². The molecule has 2 rings (SSSR count). The molecule has 0 spiro atoms. The van der Waals surface area contributed by atoms with Crippen LogP contribution in [0.3, 0.4) is 0 Å². The molecule has 0 atom stereocenters. The van der Waals surface area contributed by atoms with Gasteiger partial charge in [-0.05, 0) is 52.2 Å². The Kier molecular flexibility index (Phi) is 5.42. The highest BCUT2D eigenvalue weighted by atomic mass is 79.9. The van der Waals surface area contributed by atoms with Crippen molar-refractivity contribution in [1.29, 1.82) is 5.26 Å². The number of rotatable bonds is 4. The van der Waals surface area contributed by atoms with Gasteiger partial charge in [0.25, 0.3) is 0 Å². The number of nitrogens with zero attached hydrogens (tertiary/aromatic N) is 1. The monoisotopic (exact) mass is 351 g/mol. The molecule has 3 heteroatoms. The topological polar surface area (TPSA) is 33.0 Å². The SMILES string of the molecule is C#CCOc1ccc(/C=C(/C#N)c2ccc(C)cc2)cc1Br. The maximum Gasteiger partial charge on any atom is 0.148 e. The van der Waals surface area contributed by atoms with E-state index in [2.05, 4.69) is 27.9 Å². The fourth-order valence-electron chi connectivity index (χ4n) is 1.92. The zero-order valence-corrected chi connectivity index (χ0v) is 13.7. The Morgan fingerprint density at radius 2 is 2.00 bits per heavy atom. The molecule has 0 aliphatic heterocycles. The summed E-state index contributed by atoms with van der Waals surface area (Å²) in [7, 11) is 0. The Hall–Kier alpha value is -2.49. The van der Waals surface area contributed by atoms with Crippen molar-refractivity contribution in [3.05, 3.63) is 63.6 Å². The molecule has 2 aromatic carbocycles. The van der Waals surface area contributed by atoms with Crippen LogP contribution in [0.5, 0.6) is 5.75 Å². The second-order valence-corrected chi connectivity index (χ2v) is 5.57. The van der Waals surface area contributed by atoms with Crippen LogP contribution in [0.2, 0.25) is 0 Å². The normalized spacial score (nSPS) is 10.6. The third-order valence-corrected chi connectivity index (χ3v) is 3.68. The number of ether oxygens (including phenoxy) is 1. The molecule has 2 aromatic rings. The Morgan fingerprint density at radius 3 is 2.59 bits per heavy atom. The first-order valence-electron chi connectivity index (χ1n) is 6.68. The summed E-state index contributed by atoms with van der Waals surface area (Å²) >= 11 is 3.45. The minimum Gasteiger partial charge on any atom is -0.480 e. The van der Waals surface area contributed by atoms with Crippen molar-refractivity contribution >= 4 is 27.6 Å². The third kappa shape index (κ3) is 4.01. The molecule has 0 aliphatic carbocycles. The van der Waals surface area contributed by atoms with Gasteiger partial charge in [0, 0.05) is 0 Å². The fourth-order valence-corrected chi connectivity index (χ4v) is 2.43. The molecule has 0 aromatic heterocycles. The highest BCUT2D eigenvalue weighted by Crippen LogP contribution is 2.28. The van der Waals surface area contributed by atoms with Crippen LogP contribution in [-0.4, -0.2) is 6.61 Å². The van der Waals surface area contributed by atoms with Gasteiger partial charge in [0.05, 0.1) is 16.1 Å². The van der Waals surface area contributed by atoms with E-state index in [0.717, 1.165) is 15.6 Å². The van der Waals surface area contributed by atoms with E-state index in [4.69, 9.17) is 11.2 Å². The van der Waals surface area contributed by atoms with Crippen LogP contribution in [0.15, 0.2) is 46.9 Å². The Balaban J connectivity index is 2.31. The minimum absolute atomic E-state index is 0.223. The number of hydrogen-bond donors (Lipinski definition) is 0. The van der Waals surface area contributed by atoms with Gasteiger partial charge in [0.1, 0.15) is 12.4 Å². The smallest absolute Gasteiger partial charge is 0.148 e. The molecule has 0 saturated carbocycles. The summed E-state index contributed by atoms with van der Waals surface area (Å²) in [6.45, 7) is 2.24. The number of halogens is 1. The first-order valence-corrected chi connectivity index (χ1v) is 7.48. The number of allylic oxidation sites excluding steroid dienone is 1. The molecule has 0 bridgehead atoms. The van der Waals surface area contributed by atoms with Gasteiger partial charge in [-0.1, -0.05) is 41.8 Å². The standard InChI is InChI=1S/C19H14BrNO/c1-3-10-22-19-9-6-15(12-18(19)20)11-17(13-21)16-7-4-14(2)5-8-16/h1,4-9,11-12H,10H2,2H3/b17-11-. The van der Waals surface area contributed by atoms with Crippen molar-refractivity contribution < 1.29 is 4.74 Å². The predicted molar refractivity (Wildman–Crippen MR) is 93.1 cm³/mol. The number of benzene rings is 2. The van der Waals surface area contributed by atoms with Crippen molar-refractivity contribution in [3.63, 3.8) is 0 Å². The number of nitriles is 1. The van der Waals surface area contributed by atoms with Crippen molar-refractivity contribution in [2.75, 3.05) is 6.61 Å². The molecule has 0 heterocycles. The van der Waals surface area contributed by atoms with Crippen LogP contribution in [0, 0.1) is 30.6 Å². The average Bonchev–Trinajstić information content (AvgIpc) is 2.53. The van der Waals surface area contributed by atoms with Crippen molar-refractivity contribution in [3.8, 4) is 24.2 Å². The lowest BCUT2D eigenvalue weighted by Gasteiger charge is -2.06. The van der Waals surface area contributed by atoms with E-state index < -0.39 is 0 Å². The van der Waals surface area contributed by atoms with Crippen molar-refractivity contribution in [1.82, 2.24) is 0 Å². The highest BCUT2D eigenvalue weighted by molar-refractivity contribution is 9.10. The zero-order chi connectivity index (χ0) is 15.9. The second-order valence-electron chi connectivity index (χ2n) is 4.72. The molecule has 0 N–H and O–H groups in total. The van der Waals surface area contributed by atoms with Gasteiger partial charge in [-0.15, -0.1) is 6.42 Å². The average molecular weight is 352 g/mol. The maximum absolute atomic E-state index is 9.37. The summed E-state index contributed by atoms with van der Waals surface area (Å²) in [5, 5.41) is 9.37. The number of aryl methyl sites for hydroxylation is 1. The van der Waals surface area contributed by atoms with E-state index >= 15 is 0 Å². The van der Waals surface area contributed by atoms with Crippen molar-refractivity contribution in [2.45, 2.75) is 6.92 Å². The molecule has 0 unspecified atom stereocenters. The van der Waals surface area contributed by atoms with Gasteiger partial charge in [0.2, 0.25) is 0 Å². The Morgan fingerprint density at radius 1 is 1.27 bits per heavy atom. The molecule has 0 aliphatic rings. The van der Waals surface area contributed by atoms with E-state index in [1.165, 1.54) is 5.56 Å². The molecule has 0 radical (unpaired) electrons. The quantitative estimate of drug-likeness (QED) is 0.448. The summed E-state index contributed by atoms with van der Waals surface area (Å²) in [6.07, 6.45) is 7.03. The number of hydrogen-bond acceptors (Lipinski definition) is 2. The van der Waals surface area contributed by atoms with Gasteiger partial charge in [-0.2, -0.15) is 5.26 Å². The first-order chi connectivity index (χ1) is 10.6. The second kappa shape index (κ2) is 7.50. The summed E-state index contributed by atoms with van der Waals surface area (Å²) in [4.78, 5) is 0. The lowest BCUT2D eigenvalue weighted by molar-refractivity contribution is 0.368. The van der Waals surface area contributed by atoms with Gasteiger partial charge in [0.15, 0.2) is 0 Å². The molecule has 0 fully saturated rings. The van der Waals surface area contributed by atoms with E-state index in [0.29, 0.717) is 11.3 Å². The summed E-state index contributed by atoms with van der Waals surface area (Å²) in [5.74, 6) is 3.11. The molecule has 108 valence electrons. The lowest BCUT2D eigenvalue weighted by atomic mass is 10.0. The van der Waals surface area contributed by atoms with Gasteiger partial charge < -0.3 is 4.74 Å². The van der Waals surface area contributed by atoms with E-state index in [-0.39, 0.29) is 6.61 Å². The molecule has 0 amide bonds. The maximum atomic E-state index is 9.37. The van der Waals surface area contributed by atoms with Gasteiger partial charge >= 0.3 is 0 Å². The highest BCUT2D eigenvalue weighted by Gasteiger charge is 2.04. The Bertz CT molecular complexity index is 777. The van der Waals surface area contributed by atoms with Crippen LogP contribution in [-0.2, 0) is 0 Å². The zero-order valence-electron chi connectivity index (χ0n) is 12.1. The van der Waals surface area contributed by atoms with E-state index in [9.17, 15) is 5.26 Å². The van der Waals surface area contributed by atoms with Crippen LogP contribution in [0.1, 0.15) is 16.7 Å². The van der Waals surface area contributed by atoms with Gasteiger partial charge in [-0.3, -0.25) is 0 Å². The molecular weight excluding hydrogens is 338 g/mol. The van der Waals surface area contributed by atoms with E-state index in [1.807, 2.05) is 55.5 Å². The predicted octanol–water partition coefficient (Wildman–Crippen LogP) is 4.83. The number of terminal acetylenes is 1. The molecule has 0 saturated heterocycles. The van der Waals surface area contributed by atoms with E-state index in [1.54, 1.807) is 0 Å². The van der Waals surface area contributed by atoms with Crippen LogP contribution >= 0.6 is 15.9 Å². The minimum atomic E-state index is 0.223. The van der Waals surface area contributed by atoms with Gasteiger partial charge in [-0.25, -0.2) is 0 Å². The summed E-state index contributed by atoms with van der Waals surface area (Å²) in [6, 6.07) is 15.7. The van der Waals surface area contributed by atoms with Crippen LogP contribution < -0.4 is 4.74 Å². The largest absolute Gasteiger partial charge is 0.480 e. The Labute approximate surface area is 139 Å². The molecule has 22 heavy (non-hydrogen) atoms.